The monoisotopic (exact) mass is 561 g/mol. The van der Waals surface area contributed by atoms with Gasteiger partial charge in [-0.3, -0.25) is 0 Å². The highest BCUT2D eigenvalue weighted by atomic mass is 35.5. The molecule has 1 aliphatic heterocycles. The second kappa shape index (κ2) is 10.8. The lowest BCUT2D eigenvalue weighted by Gasteiger charge is -2.31. The van der Waals surface area contributed by atoms with Crippen LogP contribution in [0, 0.1) is 13.8 Å². The molecule has 0 bridgehead atoms. The lowest BCUT2D eigenvalue weighted by atomic mass is 10.1. The molecule has 1 heterocycles. The molecule has 1 fully saturated rings. The van der Waals surface area contributed by atoms with Crippen molar-refractivity contribution in [1.29, 1.82) is 0 Å². The number of halogens is 1. The molecule has 1 aliphatic rings. The molecule has 0 aliphatic carbocycles. The second-order valence-electron chi connectivity index (χ2n) is 8.70. The third kappa shape index (κ3) is 5.67. The van der Waals surface area contributed by atoms with Gasteiger partial charge in [-0.2, -0.15) is 12.7 Å². The molecule has 0 N–H and O–H groups in total. The number of alkyl halides is 1. The van der Waals surface area contributed by atoms with Crippen LogP contribution < -0.4 is 4.74 Å². The van der Waals surface area contributed by atoms with Gasteiger partial charge < -0.3 is 9.64 Å². The van der Waals surface area contributed by atoms with Crippen molar-refractivity contribution in [3.8, 4) is 5.75 Å². The van der Waals surface area contributed by atoms with E-state index in [1.165, 1.54) is 16.4 Å². The average Bonchev–Trinajstić information content (AvgIpc) is 3.34. The highest BCUT2D eigenvalue weighted by Gasteiger charge is 2.42. The SMILES string of the molecule is COc1ccc(C2N(/C(CCl)=N/S(=O)(=O)c3ccc(C)cc3)CCN2S(=O)(=O)c2ccc(C)cc2)cc1. The summed E-state index contributed by atoms with van der Waals surface area (Å²) in [5.41, 5.74) is 2.47. The van der Waals surface area contributed by atoms with Gasteiger partial charge in [0, 0.05) is 13.1 Å². The first-order valence-corrected chi connectivity index (χ1v) is 14.9. The van der Waals surface area contributed by atoms with Crippen molar-refractivity contribution in [1.82, 2.24) is 9.21 Å². The summed E-state index contributed by atoms with van der Waals surface area (Å²) in [6, 6.07) is 19.9. The fraction of sp³-hybridized carbons (Fsp3) is 0.269. The Labute approximate surface area is 223 Å². The average molecular weight is 562 g/mol. The summed E-state index contributed by atoms with van der Waals surface area (Å²) >= 11 is 6.24. The Hall–Kier alpha value is -2.92. The number of amidine groups is 1. The maximum absolute atomic E-state index is 13.7. The van der Waals surface area contributed by atoms with E-state index in [-0.39, 0.29) is 34.6 Å². The number of rotatable bonds is 7. The zero-order valence-electron chi connectivity index (χ0n) is 20.7. The van der Waals surface area contributed by atoms with E-state index in [1.54, 1.807) is 72.7 Å². The molecule has 0 amide bonds. The van der Waals surface area contributed by atoms with Crippen LogP contribution in [-0.4, -0.2) is 58.0 Å². The minimum absolute atomic E-state index is 0.0324. The van der Waals surface area contributed by atoms with Crippen LogP contribution in [0.3, 0.4) is 0 Å². The minimum atomic E-state index is -4.08. The van der Waals surface area contributed by atoms with Crippen molar-refractivity contribution < 1.29 is 21.6 Å². The molecule has 1 unspecified atom stereocenters. The van der Waals surface area contributed by atoms with Crippen molar-refractivity contribution in [2.24, 2.45) is 4.40 Å². The van der Waals surface area contributed by atoms with Crippen molar-refractivity contribution in [2.45, 2.75) is 29.8 Å². The van der Waals surface area contributed by atoms with Gasteiger partial charge in [-0.25, -0.2) is 8.42 Å². The number of hydrogen-bond acceptors (Lipinski definition) is 5. The van der Waals surface area contributed by atoms with Gasteiger partial charge in [-0.15, -0.1) is 16.0 Å². The van der Waals surface area contributed by atoms with Crippen LogP contribution in [0.25, 0.3) is 0 Å². The highest BCUT2D eigenvalue weighted by molar-refractivity contribution is 7.90. The maximum atomic E-state index is 13.7. The predicted octanol–water partition coefficient (Wildman–Crippen LogP) is 4.34. The Morgan fingerprint density at radius 1 is 0.865 bits per heavy atom. The minimum Gasteiger partial charge on any atom is -0.497 e. The number of ether oxygens (including phenoxy) is 1. The van der Waals surface area contributed by atoms with Gasteiger partial charge >= 0.3 is 0 Å². The molecule has 196 valence electrons. The topological polar surface area (TPSA) is 96.3 Å². The number of sulfonamides is 2. The molecule has 1 atom stereocenters. The first kappa shape index (κ1) is 27.1. The van der Waals surface area contributed by atoms with E-state index in [0.29, 0.717) is 11.3 Å². The Balaban J connectivity index is 1.80. The third-order valence-corrected chi connectivity index (χ3v) is 9.59. The molecule has 1 saturated heterocycles. The fourth-order valence-corrected chi connectivity index (χ4v) is 7.04. The normalized spacial score (nSPS) is 17.2. The molecule has 3 aromatic rings. The van der Waals surface area contributed by atoms with Gasteiger partial charge in [0.15, 0.2) is 0 Å². The zero-order valence-corrected chi connectivity index (χ0v) is 23.1. The van der Waals surface area contributed by atoms with Crippen LogP contribution in [0.2, 0.25) is 0 Å². The quantitative estimate of drug-likeness (QED) is 0.242. The van der Waals surface area contributed by atoms with E-state index >= 15 is 0 Å². The molecule has 0 radical (unpaired) electrons. The molecule has 0 spiro atoms. The van der Waals surface area contributed by atoms with Crippen LogP contribution >= 0.6 is 11.6 Å². The molecule has 0 saturated carbocycles. The molecular formula is C26H28ClN3O5S2. The summed E-state index contributed by atoms with van der Waals surface area (Å²) in [6.45, 7) is 4.06. The van der Waals surface area contributed by atoms with Gasteiger partial charge in [-0.05, 0) is 55.8 Å². The maximum Gasteiger partial charge on any atom is 0.283 e. The molecule has 0 aromatic heterocycles. The summed E-state index contributed by atoms with van der Waals surface area (Å²) in [5.74, 6) is 0.440. The van der Waals surface area contributed by atoms with Crippen molar-refractivity contribution in [3.63, 3.8) is 0 Å². The van der Waals surface area contributed by atoms with E-state index in [1.807, 2.05) is 13.8 Å². The summed E-state index contributed by atoms with van der Waals surface area (Å²) in [6.07, 6.45) is -0.858. The summed E-state index contributed by atoms with van der Waals surface area (Å²) in [5, 5.41) is 0. The molecule has 11 heteroatoms. The number of hydrogen-bond donors (Lipinski definition) is 0. The molecule has 4 rings (SSSR count). The zero-order chi connectivity index (χ0) is 26.8. The fourth-order valence-electron chi connectivity index (χ4n) is 4.15. The van der Waals surface area contributed by atoms with Crippen LogP contribution in [0.4, 0.5) is 0 Å². The van der Waals surface area contributed by atoms with Crippen molar-refractivity contribution >= 4 is 37.5 Å². The van der Waals surface area contributed by atoms with E-state index in [9.17, 15) is 16.8 Å². The van der Waals surface area contributed by atoms with E-state index in [0.717, 1.165) is 11.1 Å². The Bertz CT molecular complexity index is 1490. The number of aryl methyl sites for hydroxylation is 2. The van der Waals surface area contributed by atoms with E-state index in [2.05, 4.69) is 4.40 Å². The Kier molecular flexibility index (Phi) is 7.94. The van der Waals surface area contributed by atoms with Crippen LogP contribution in [0.15, 0.2) is 87.0 Å². The highest BCUT2D eigenvalue weighted by Crippen LogP contribution is 2.36. The molecule has 37 heavy (non-hydrogen) atoms. The van der Waals surface area contributed by atoms with Gasteiger partial charge in [-0.1, -0.05) is 47.5 Å². The predicted molar refractivity (Wildman–Crippen MR) is 144 cm³/mol. The van der Waals surface area contributed by atoms with Crippen molar-refractivity contribution in [3.05, 3.63) is 89.5 Å². The lowest BCUT2D eigenvalue weighted by molar-refractivity contribution is 0.284. The van der Waals surface area contributed by atoms with Gasteiger partial charge in [0.2, 0.25) is 10.0 Å². The molecular weight excluding hydrogens is 534 g/mol. The Morgan fingerprint density at radius 2 is 1.41 bits per heavy atom. The van der Waals surface area contributed by atoms with Crippen molar-refractivity contribution in [2.75, 3.05) is 26.1 Å². The lowest BCUT2D eigenvalue weighted by Crippen LogP contribution is -2.39. The Morgan fingerprint density at radius 3 is 1.92 bits per heavy atom. The molecule has 3 aromatic carbocycles. The van der Waals surface area contributed by atoms with Gasteiger partial charge in [0.1, 0.15) is 17.8 Å². The van der Waals surface area contributed by atoms with Crippen LogP contribution in [0.1, 0.15) is 22.9 Å². The third-order valence-electron chi connectivity index (χ3n) is 6.17. The summed E-state index contributed by atoms with van der Waals surface area (Å²) in [4.78, 5) is 1.81. The number of methoxy groups -OCH3 is 1. The second-order valence-corrected chi connectivity index (χ2v) is 12.5. The molecule has 8 nitrogen and oxygen atoms in total. The largest absolute Gasteiger partial charge is 0.497 e. The number of benzene rings is 3. The standard InChI is InChI=1S/C26H28ClN3O5S2/c1-19-4-12-23(13-5-19)36(31,32)28-25(18-27)29-16-17-30(26(29)21-8-10-22(35-3)11-9-21)37(33,34)24-14-6-20(2)7-15-24/h4-15,26H,16-18H2,1-3H3/b28-25+. The first-order valence-electron chi connectivity index (χ1n) is 11.5. The van der Waals surface area contributed by atoms with Crippen LogP contribution in [-0.2, 0) is 20.0 Å². The smallest absolute Gasteiger partial charge is 0.283 e. The summed E-state index contributed by atoms with van der Waals surface area (Å²) < 4.78 is 64.3. The first-order chi connectivity index (χ1) is 17.6. The van der Waals surface area contributed by atoms with E-state index in [4.69, 9.17) is 16.3 Å². The van der Waals surface area contributed by atoms with Gasteiger partial charge in [0.25, 0.3) is 10.0 Å². The van der Waals surface area contributed by atoms with Gasteiger partial charge in [0.05, 0.1) is 22.8 Å². The number of nitrogens with zero attached hydrogens (tertiary/aromatic N) is 3. The van der Waals surface area contributed by atoms with Crippen LogP contribution in [0.5, 0.6) is 5.75 Å². The summed E-state index contributed by atoms with van der Waals surface area (Å²) in [7, 11) is -6.47. The van der Waals surface area contributed by atoms with E-state index < -0.39 is 26.2 Å².